The molecule has 0 spiro atoms. The summed E-state index contributed by atoms with van der Waals surface area (Å²) in [6.45, 7) is 11.1. The van der Waals surface area contributed by atoms with Gasteiger partial charge in [0.1, 0.15) is 4.83 Å². The lowest BCUT2D eigenvalue weighted by Gasteiger charge is -2.14. The number of aromatic nitrogens is 4. The van der Waals surface area contributed by atoms with Crippen molar-refractivity contribution in [2.75, 3.05) is 5.32 Å². The maximum Gasteiger partial charge on any atom is 0.264 e. The van der Waals surface area contributed by atoms with Gasteiger partial charge in [0.15, 0.2) is 0 Å². The van der Waals surface area contributed by atoms with Gasteiger partial charge in [0.2, 0.25) is 5.95 Å². The number of nitrogens with zero attached hydrogens (tertiary/aromatic N) is 4. The predicted molar refractivity (Wildman–Crippen MR) is 111 cm³/mol. The highest BCUT2D eigenvalue weighted by Crippen LogP contribution is 2.34. The Morgan fingerprint density at radius 2 is 2.07 bits per heavy atom. The molecule has 0 saturated carbocycles. The molecule has 0 radical (unpaired) electrons. The minimum Gasteiger partial charge on any atom is -0.322 e. The van der Waals surface area contributed by atoms with Gasteiger partial charge >= 0.3 is 0 Å². The minimum absolute atomic E-state index is 0.0278. The van der Waals surface area contributed by atoms with E-state index in [2.05, 4.69) is 23.9 Å². The van der Waals surface area contributed by atoms with Gasteiger partial charge in [0.25, 0.3) is 5.56 Å². The number of anilines is 2. The van der Waals surface area contributed by atoms with E-state index >= 15 is 0 Å². The number of allylic oxidation sites excluding steroid dienone is 1. The van der Waals surface area contributed by atoms with Crippen molar-refractivity contribution in [1.29, 1.82) is 0 Å². The first-order valence-corrected chi connectivity index (χ1v) is 10.3. The highest BCUT2D eigenvalue weighted by atomic mass is 32.1. The van der Waals surface area contributed by atoms with Crippen LogP contribution in [0.2, 0.25) is 0 Å². The lowest BCUT2D eigenvalue weighted by atomic mass is 9.97. The van der Waals surface area contributed by atoms with Crippen LogP contribution in [0.25, 0.3) is 10.2 Å². The van der Waals surface area contributed by atoms with E-state index in [0.29, 0.717) is 12.5 Å². The standard InChI is InChI=1S/C20H25N5OS/c1-5-11-24-19(26)16-14-9-7-8-10-15(14)27-18(16)22-20(24)21-17-12(3)23-25(6-2)13(17)4/h5H,1,6-11H2,2-4H3,(H,21,22). The molecule has 7 heteroatoms. The Labute approximate surface area is 162 Å². The van der Waals surface area contributed by atoms with E-state index in [1.54, 1.807) is 22.0 Å². The third-order valence-corrected chi connectivity index (χ3v) is 6.49. The lowest BCUT2D eigenvalue weighted by molar-refractivity contribution is 0.634. The van der Waals surface area contributed by atoms with Crippen LogP contribution in [-0.4, -0.2) is 19.3 Å². The average Bonchev–Trinajstić information content (AvgIpc) is 3.16. The van der Waals surface area contributed by atoms with Gasteiger partial charge in [-0.3, -0.25) is 14.0 Å². The maximum absolute atomic E-state index is 13.3. The number of nitrogens with one attached hydrogen (secondary N) is 1. The van der Waals surface area contributed by atoms with Crippen molar-refractivity contribution in [3.8, 4) is 0 Å². The maximum atomic E-state index is 13.3. The summed E-state index contributed by atoms with van der Waals surface area (Å²) in [5, 5.41) is 8.75. The highest BCUT2D eigenvalue weighted by Gasteiger charge is 2.22. The summed E-state index contributed by atoms with van der Waals surface area (Å²) in [7, 11) is 0. The third kappa shape index (κ3) is 2.90. The molecule has 0 aromatic carbocycles. The van der Waals surface area contributed by atoms with Gasteiger partial charge in [0.05, 0.1) is 22.5 Å². The second-order valence-electron chi connectivity index (χ2n) is 7.02. The topological polar surface area (TPSA) is 64.7 Å². The van der Waals surface area contributed by atoms with E-state index in [-0.39, 0.29) is 5.56 Å². The fourth-order valence-electron chi connectivity index (χ4n) is 3.93. The SMILES string of the molecule is C=CCn1c(Nc2c(C)nn(CC)c2C)nc2sc3c(c2c1=O)CCCC3. The zero-order chi connectivity index (χ0) is 19.1. The Hall–Kier alpha value is -2.41. The molecule has 27 heavy (non-hydrogen) atoms. The second kappa shape index (κ2) is 6.96. The van der Waals surface area contributed by atoms with Crippen LogP contribution < -0.4 is 10.9 Å². The molecule has 0 aliphatic heterocycles. The molecule has 1 aliphatic carbocycles. The Morgan fingerprint density at radius 3 is 2.78 bits per heavy atom. The van der Waals surface area contributed by atoms with Crippen molar-refractivity contribution < 1.29 is 0 Å². The van der Waals surface area contributed by atoms with Crippen molar-refractivity contribution in [1.82, 2.24) is 19.3 Å². The summed E-state index contributed by atoms with van der Waals surface area (Å²) in [6, 6.07) is 0. The first-order valence-electron chi connectivity index (χ1n) is 9.52. The van der Waals surface area contributed by atoms with Crippen molar-refractivity contribution in [3.05, 3.63) is 44.8 Å². The first-order chi connectivity index (χ1) is 13.0. The molecule has 142 valence electrons. The van der Waals surface area contributed by atoms with Crippen LogP contribution in [0, 0.1) is 13.8 Å². The normalized spacial score (nSPS) is 13.7. The monoisotopic (exact) mass is 383 g/mol. The predicted octanol–water partition coefficient (Wildman–Crippen LogP) is 4.10. The molecule has 0 unspecified atom stereocenters. The molecule has 0 saturated heterocycles. The van der Waals surface area contributed by atoms with Crippen LogP contribution in [0.3, 0.4) is 0 Å². The van der Waals surface area contributed by atoms with Crippen LogP contribution in [-0.2, 0) is 25.9 Å². The molecule has 1 aliphatic rings. The molecule has 0 atom stereocenters. The van der Waals surface area contributed by atoms with Crippen LogP contribution in [0.5, 0.6) is 0 Å². The quantitative estimate of drug-likeness (QED) is 0.674. The van der Waals surface area contributed by atoms with Gasteiger partial charge in [-0.15, -0.1) is 17.9 Å². The summed E-state index contributed by atoms with van der Waals surface area (Å²) < 4.78 is 3.65. The number of hydrogen-bond acceptors (Lipinski definition) is 5. The smallest absolute Gasteiger partial charge is 0.264 e. The van der Waals surface area contributed by atoms with E-state index in [1.165, 1.54) is 16.9 Å². The van der Waals surface area contributed by atoms with Crippen molar-refractivity contribution in [2.45, 2.75) is 59.5 Å². The number of rotatable bonds is 5. The molecule has 1 N–H and O–H groups in total. The zero-order valence-electron chi connectivity index (χ0n) is 16.1. The molecule has 4 rings (SSSR count). The lowest BCUT2D eigenvalue weighted by Crippen LogP contribution is -2.24. The molecule has 0 amide bonds. The number of hydrogen-bond donors (Lipinski definition) is 1. The Morgan fingerprint density at radius 1 is 1.30 bits per heavy atom. The highest BCUT2D eigenvalue weighted by molar-refractivity contribution is 7.18. The van der Waals surface area contributed by atoms with E-state index in [9.17, 15) is 4.79 Å². The van der Waals surface area contributed by atoms with E-state index in [0.717, 1.165) is 53.1 Å². The molecule has 3 aromatic heterocycles. The Kier molecular flexibility index (Phi) is 4.63. The number of aryl methyl sites for hydroxylation is 4. The molecule has 3 aromatic rings. The van der Waals surface area contributed by atoms with E-state index in [1.807, 2.05) is 18.5 Å². The zero-order valence-corrected chi connectivity index (χ0v) is 16.9. The van der Waals surface area contributed by atoms with Crippen LogP contribution in [0.15, 0.2) is 17.4 Å². The fourth-order valence-corrected chi connectivity index (χ4v) is 5.18. The van der Waals surface area contributed by atoms with Crippen LogP contribution in [0.4, 0.5) is 11.6 Å². The molecule has 3 heterocycles. The average molecular weight is 384 g/mol. The Balaban J connectivity index is 1.90. The molecule has 6 nitrogen and oxygen atoms in total. The molecule has 0 bridgehead atoms. The molecular formula is C20H25N5OS. The summed E-state index contributed by atoms with van der Waals surface area (Å²) in [5.41, 5.74) is 4.11. The van der Waals surface area contributed by atoms with Gasteiger partial charge in [-0.2, -0.15) is 5.10 Å². The Bertz CT molecular complexity index is 1090. The first kappa shape index (κ1) is 18.0. The van der Waals surface area contributed by atoms with Crippen molar-refractivity contribution >= 4 is 33.2 Å². The third-order valence-electron chi connectivity index (χ3n) is 5.30. The fraction of sp³-hybridized carbons (Fsp3) is 0.450. The van der Waals surface area contributed by atoms with Crippen LogP contribution >= 0.6 is 11.3 Å². The van der Waals surface area contributed by atoms with E-state index < -0.39 is 0 Å². The summed E-state index contributed by atoms with van der Waals surface area (Å²) in [4.78, 5) is 20.3. The minimum atomic E-state index is 0.0278. The van der Waals surface area contributed by atoms with E-state index in [4.69, 9.17) is 4.98 Å². The second-order valence-corrected chi connectivity index (χ2v) is 8.10. The van der Waals surface area contributed by atoms with Gasteiger partial charge in [-0.1, -0.05) is 6.08 Å². The van der Waals surface area contributed by atoms with Crippen molar-refractivity contribution in [3.63, 3.8) is 0 Å². The van der Waals surface area contributed by atoms with Crippen LogP contribution in [0.1, 0.15) is 41.6 Å². The number of thiophene rings is 1. The molecule has 0 fully saturated rings. The van der Waals surface area contributed by atoms with Gasteiger partial charge in [-0.25, -0.2) is 4.98 Å². The summed E-state index contributed by atoms with van der Waals surface area (Å²) in [6.07, 6.45) is 6.12. The van der Waals surface area contributed by atoms with Crippen molar-refractivity contribution in [2.24, 2.45) is 0 Å². The van der Waals surface area contributed by atoms with Gasteiger partial charge in [0, 0.05) is 18.0 Å². The molecular weight excluding hydrogens is 358 g/mol. The van der Waals surface area contributed by atoms with Gasteiger partial charge in [-0.05, 0) is 52.0 Å². The largest absolute Gasteiger partial charge is 0.322 e. The summed E-state index contributed by atoms with van der Waals surface area (Å²) >= 11 is 1.67. The number of fused-ring (bicyclic) bond motifs is 3. The van der Waals surface area contributed by atoms with Gasteiger partial charge < -0.3 is 5.32 Å². The summed E-state index contributed by atoms with van der Waals surface area (Å²) in [5.74, 6) is 0.563.